The van der Waals surface area contributed by atoms with Crippen molar-refractivity contribution in [3.63, 3.8) is 0 Å². The molecule has 2 atom stereocenters. The fourth-order valence-corrected chi connectivity index (χ4v) is 2.85. The molecule has 6 heteroatoms. The van der Waals surface area contributed by atoms with E-state index < -0.39 is 6.10 Å². The fraction of sp³-hybridized carbons (Fsp3) is 0.438. The number of carbonyl (C=O) groups is 1. The summed E-state index contributed by atoms with van der Waals surface area (Å²) >= 11 is 0. The van der Waals surface area contributed by atoms with Gasteiger partial charge in [0.2, 0.25) is 5.91 Å². The van der Waals surface area contributed by atoms with Crippen LogP contribution in [-0.2, 0) is 17.8 Å². The summed E-state index contributed by atoms with van der Waals surface area (Å²) in [6.07, 6.45) is 5.93. The number of carbonyl (C=O) groups excluding carboxylic acids is 1. The Labute approximate surface area is 129 Å². The summed E-state index contributed by atoms with van der Waals surface area (Å²) in [4.78, 5) is 18.3. The lowest BCUT2D eigenvalue weighted by atomic mass is 10.00. The zero-order valence-electron chi connectivity index (χ0n) is 12.4. The molecule has 116 valence electrons. The van der Waals surface area contributed by atoms with Crippen molar-refractivity contribution >= 4 is 5.91 Å². The maximum Gasteiger partial charge on any atom is 0.224 e. The monoisotopic (exact) mass is 300 g/mol. The zero-order valence-corrected chi connectivity index (χ0v) is 12.4. The number of likely N-dealkylation sites (tertiary alicyclic amines) is 1. The van der Waals surface area contributed by atoms with E-state index in [1.165, 1.54) is 0 Å². The molecule has 0 radical (unpaired) electrons. The van der Waals surface area contributed by atoms with Crippen LogP contribution in [0.5, 0.6) is 0 Å². The predicted octanol–water partition coefficient (Wildman–Crippen LogP) is 0.730. The Morgan fingerprint density at radius 3 is 2.91 bits per heavy atom. The van der Waals surface area contributed by atoms with Gasteiger partial charge in [0.25, 0.3) is 0 Å². The largest absolute Gasteiger partial charge is 0.391 e. The first-order valence-electron chi connectivity index (χ1n) is 7.55. The third-order valence-electron chi connectivity index (χ3n) is 4.07. The minimum Gasteiger partial charge on any atom is -0.391 e. The number of aliphatic hydroxyl groups is 1. The van der Waals surface area contributed by atoms with Gasteiger partial charge in [0.05, 0.1) is 6.10 Å². The fourth-order valence-electron chi connectivity index (χ4n) is 2.85. The van der Waals surface area contributed by atoms with Gasteiger partial charge in [-0.25, -0.2) is 0 Å². The highest BCUT2D eigenvalue weighted by Gasteiger charge is 2.33. The van der Waals surface area contributed by atoms with Crippen LogP contribution in [0.2, 0.25) is 0 Å². The van der Waals surface area contributed by atoms with Gasteiger partial charge in [0.1, 0.15) is 0 Å². The van der Waals surface area contributed by atoms with E-state index in [2.05, 4.69) is 10.1 Å². The Bertz CT molecular complexity index is 600. The van der Waals surface area contributed by atoms with Crippen LogP contribution in [-0.4, -0.2) is 49.9 Å². The van der Waals surface area contributed by atoms with E-state index in [9.17, 15) is 9.90 Å². The summed E-state index contributed by atoms with van der Waals surface area (Å²) in [5.74, 6) is 0.127. The number of β-amino-alcohol motifs (C(OH)–C–C–N with tert-alkyl or cyclic N) is 1. The van der Waals surface area contributed by atoms with Gasteiger partial charge in [-0.3, -0.25) is 14.5 Å². The molecule has 1 saturated heterocycles. The number of aryl methyl sites for hydroxylation is 1. The summed E-state index contributed by atoms with van der Waals surface area (Å²) in [6, 6.07) is 7.61. The van der Waals surface area contributed by atoms with Gasteiger partial charge < -0.3 is 10.0 Å². The molecule has 0 aliphatic carbocycles. The second kappa shape index (κ2) is 6.70. The van der Waals surface area contributed by atoms with Crippen LogP contribution in [0.25, 0.3) is 0 Å². The van der Waals surface area contributed by atoms with E-state index in [0.29, 0.717) is 32.5 Å². The van der Waals surface area contributed by atoms with Gasteiger partial charge in [-0.2, -0.15) is 5.10 Å². The second-order valence-corrected chi connectivity index (χ2v) is 5.67. The highest BCUT2D eigenvalue weighted by Crippen LogP contribution is 2.21. The molecular formula is C16H20N4O2. The maximum absolute atomic E-state index is 12.2. The van der Waals surface area contributed by atoms with Crippen LogP contribution in [0.15, 0.2) is 42.9 Å². The first kappa shape index (κ1) is 14.7. The molecule has 22 heavy (non-hydrogen) atoms. The molecule has 1 aliphatic rings. The summed E-state index contributed by atoms with van der Waals surface area (Å²) in [7, 11) is 0. The van der Waals surface area contributed by atoms with Crippen molar-refractivity contribution in [3.8, 4) is 0 Å². The van der Waals surface area contributed by atoms with Crippen molar-refractivity contribution in [3.05, 3.63) is 48.5 Å². The van der Waals surface area contributed by atoms with Crippen molar-refractivity contribution in [2.75, 3.05) is 13.1 Å². The summed E-state index contributed by atoms with van der Waals surface area (Å²) in [5.41, 5.74) is 0.956. The molecule has 0 aromatic carbocycles. The van der Waals surface area contributed by atoms with Gasteiger partial charge >= 0.3 is 0 Å². The van der Waals surface area contributed by atoms with E-state index in [1.54, 1.807) is 22.0 Å². The molecule has 1 aliphatic heterocycles. The molecule has 1 N–H and O–H groups in total. The Morgan fingerprint density at radius 1 is 1.27 bits per heavy atom. The molecule has 6 nitrogen and oxygen atoms in total. The van der Waals surface area contributed by atoms with Crippen LogP contribution in [0.3, 0.4) is 0 Å². The number of amides is 1. The van der Waals surface area contributed by atoms with Gasteiger partial charge in [-0.15, -0.1) is 0 Å². The highest BCUT2D eigenvalue weighted by molar-refractivity contribution is 5.76. The average Bonchev–Trinajstić information content (AvgIpc) is 3.16. The predicted molar refractivity (Wildman–Crippen MR) is 80.9 cm³/mol. The van der Waals surface area contributed by atoms with Crippen LogP contribution in [0.1, 0.15) is 12.1 Å². The van der Waals surface area contributed by atoms with Crippen molar-refractivity contribution in [2.45, 2.75) is 25.5 Å². The summed E-state index contributed by atoms with van der Waals surface area (Å²) < 4.78 is 1.75. The lowest BCUT2D eigenvalue weighted by Crippen LogP contribution is -2.30. The number of rotatable bonds is 5. The molecule has 0 unspecified atom stereocenters. The van der Waals surface area contributed by atoms with Crippen molar-refractivity contribution in [2.24, 2.45) is 5.92 Å². The number of aromatic nitrogens is 3. The number of hydrogen-bond acceptors (Lipinski definition) is 4. The Morgan fingerprint density at radius 2 is 2.18 bits per heavy atom. The second-order valence-electron chi connectivity index (χ2n) is 5.67. The topological polar surface area (TPSA) is 71.2 Å². The van der Waals surface area contributed by atoms with Gasteiger partial charge in [-0.05, 0) is 24.6 Å². The first-order valence-corrected chi connectivity index (χ1v) is 7.55. The van der Waals surface area contributed by atoms with E-state index in [-0.39, 0.29) is 11.8 Å². The van der Waals surface area contributed by atoms with E-state index in [0.717, 1.165) is 5.69 Å². The molecular weight excluding hydrogens is 280 g/mol. The Balaban J connectivity index is 1.52. The van der Waals surface area contributed by atoms with Gasteiger partial charge in [0.15, 0.2) is 0 Å². The molecule has 0 bridgehead atoms. The van der Waals surface area contributed by atoms with E-state index >= 15 is 0 Å². The van der Waals surface area contributed by atoms with E-state index in [4.69, 9.17) is 0 Å². The average molecular weight is 300 g/mol. The van der Waals surface area contributed by atoms with Crippen LogP contribution in [0.4, 0.5) is 0 Å². The van der Waals surface area contributed by atoms with E-state index in [1.807, 2.05) is 30.5 Å². The molecule has 3 heterocycles. The van der Waals surface area contributed by atoms with Gasteiger partial charge in [-0.1, -0.05) is 6.07 Å². The molecule has 1 amide bonds. The molecule has 3 rings (SSSR count). The minimum absolute atomic E-state index is 0.0588. The Kier molecular flexibility index (Phi) is 4.48. The standard InChI is InChI=1S/C16H20N4O2/c21-15-12-19(16(22)5-9-20-8-3-7-18-20)11-13(15)10-14-4-1-2-6-17-14/h1-4,6-8,13,15,21H,5,9-12H2/t13-,15-/m1/s1. The zero-order chi connectivity index (χ0) is 15.4. The smallest absolute Gasteiger partial charge is 0.224 e. The van der Waals surface area contributed by atoms with Crippen LogP contribution >= 0.6 is 0 Å². The number of aliphatic hydroxyl groups excluding tert-OH is 1. The molecule has 1 fully saturated rings. The minimum atomic E-state index is -0.476. The van der Waals surface area contributed by atoms with Crippen LogP contribution < -0.4 is 0 Å². The molecule has 2 aromatic rings. The normalized spacial score (nSPS) is 21.2. The number of nitrogens with zero attached hydrogens (tertiary/aromatic N) is 4. The van der Waals surface area contributed by atoms with Gasteiger partial charge in [0, 0.05) is 56.3 Å². The quantitative estimate of drug-likeness (QED) is 0.883. The van der Waals surface area contributed by atoms with Crippen molar-refractivity contribution < 1.29 is 9.90 Å². The Hall–Kier alpha value is -2.21. The molecule has 0 spiro atoms. The summed E-state index contributed by atoms with van der Waals surface area (Å²) in [5, 5.41) is 14.3. The summed E-state index contributed by atoms with van der Waals surface area (Å²) in [6.45, 7) is 1.58. The lowest BCUT2D eigenvalue weighted by molar-refractivity contribution is -0.130. The molecule has 0 saturated carbocycles. The van der Waals surface area contributed by atoms with Crippen molar-refractivity contribution in [1.82, 2.24) is 19.7 Å². The third-order valence-corrected chi connectivity index (χ3v) is 4.07. The lowest BCUT2D eigenvalue weighted by Gasteiger charge is -2.16. The SMILES string of the molecule is O=C(CCn1cccn1)N1C[C@@H](Cc2ccccn2)[C@H](O)C1. The maximum atomic E-state index is 12.2. The first-order chi connectivity index (χ1) is 10.7. The highest BCUT2D eigenvalue weighted by atomic mass is 16.3. The van der Waals surface area contributed by atoms with Crippen LogP contribution in [0, 0.1) is 5.92 Å². The molecule has 2 aromatic heterocycles. The number of hydrogen-bond donors (Lipinski definition) is 1. The van der Waals surface area contributed by atoms with Crippen molar-refractivity contribution in [1.29, 1.82) is 0 Å². The number of pyridine rings is 1. The third kappa shape index (κ3) is 3.51.